The first-order valence-corrected chi connectivity index (χ1v) is 6.32. The molecule has 0 aliphatic carbocycles. The van der Waals surface area contributed by atoms with Crippen molar-refractivity contribution in [2.75, 3.05) is 26.2 Å². The third-order valence-electron chi connectivity index (χ3n) is 3.77. The molecule has 2 rings (SSSR count). The van der Waals surface area contributed by atoms with Crippen molar-refractivity contribution in [1.82, 2.24) is 9.80 Å². The molecule has 2 aliphatic rings. The Hall–Kier alpha value is -1.10. The van der Waals surface area contributed by atoms with Crippen molar-refractivity contribution in [2.45, 2.75) is 32.2 Å². The van der Waals surface area contributed by atoms with Gasteiger partial charge in [-0.05, 0) is 25.7 Å². The Morgan fingerprint density at radius 1 is 1.29 bits per heavy atom. The van der Waals surface area contributed by atoms with Gasteiger partial charge in [0.05, 0.1) is 12.5 Å². The summed E-state index contributed by atoms with van der Waals surface area (Å²) in [6.07, 6.45) is 2.45. The number of carboxylic acids is 1. The number of hydrogen-bond donors (Lipinski definition) is 1. The zero-order valence-corrected chi connectivity index (χ0v) is 10.3. The number of carbonyl (C=O) groups excluding carboxylic acids is 1. The molecule has 0 aromatic heterocycles. The van der Waals surface area contributed by atoms with Crippen molar-refractivity contribution in [2.24, 2.45) is 5.92 Å². The average Bonchev–Trinajstić information content (AvgIpc) is 2.73. The molecule has 2 fully saturated rings. The zero-order valence-electron chi connectivity index (χ0n) is 10.3. The highest BCUT2D eigenvalue weighted by Crippen LogP contribution is 2.23. The van der Waals surface area contributed by atoms with Gasteiger partial charge in [0.1, 0.15) is 0 Å². The number of aliphatic carboxylic acids is 1. The van der Waals surface area contributed by atoms with Crippen LogP contribution in [0.5, 0.6) is 0 Å². The minimum atomic E-state index is -0.742. The van der Waals surface area contributed by atoms with Gasteiger partial charge in [-0.2, -0.15) is 0 Å². The van der Waals surface area contributed by atoms with Crippen LogP contribution in [-0.2, 0) is 9.59 Å². The first-order valence-electron chi connectivity index (χ1n) is 6.32. The summed E-state index contributed by atoms with van der Waals surface area (Å²) < 4.78 is 0. The Labute approximate surface area is 101 Å². The lowest BCUT2D eigenvalue weighted by molar-refractivity contribution is -0.142. The van der Waals surface area contributed by atoms with Gasteiger partial charge < -0.3 is 10.0 Å². The number of amides is 1. The van der Waals surface area contributed by atoms with Crippen molar-refractivity contribution >= 4 is 11.9 Å². The molecule has 0 aromatic rings. The highest BCUT2D eigenvalue weighted by atomic mass is 16.4. The predicted octanol–water partition coefficient (Wildman–Crippen LogP) is 0.404. The SMILES string of the molecule is CC(C(=O)N1CCCC1)N1CC(CC(=O)O)C1. The van der Waals surface area contributed by atoms with E-state index in [0.29, 0.717) is 0 Å². The fourth-order valence-electron chi connectivity index (χ4n) is 2.66. The van der Waals surface area contributed by atoms with E-state index in [1.165, 1.54) is 0 Å². The fraction of sp³-hybridized carbons (Fsp3) is 0.833. The predicted molar refractivity (Wildman–Crippen MR) is 62.6 cm³/mol. The molecular weight excluding hydrogens is 220 g/mol. The summed E-state index contributed by atoms with van der Waals surface area (Å²) in [5, 5.41) is 8.66. The number of hydrogen-bond acceptors (Lipinski definition) is 3. The highest BCUT2D eigenvalue weighted by Gasteiger charge is 2.36. The van der Waals surface area contributed by atoms with Gasteiger partial charge in [0, 0.05) is 26.2 Å². The molecule has 17 heavy (non-hydrogen) atoms. The van der Waals surface area contributed by atoms with E-state index in [2.05, 4.69) is 4.90 Å². The van der Waals surface area contributed by atoms with Crippen LogP contribution in [0.15, 0.2) is 0 Å². The maximum absolute atomic E-state index is 12.1. The second-order valence-electron chi connectivity index (χ2n) is 5.13. The van der Waals surface area contributed by atoms with Crippen molar-refractivity contribution < 1.29 is 14.7 Å². The molecule has 96 valence electrons. The number of nitrogens with zero attached hydrogens (tertiary/aromatic N) is 2. The summed E-state index contributed by atoms with van der Waals surface area (Å²) >= 11 is 0. The normalized spacial score (nSPS) is 23.5. The Kier molecular flexibility index (Phi) is 3.66. The first kappa shape index (κ1) is 12.4. The summed E-state index contributed by atoms with van der Waals surface area (Å²) in [6, 6.07) is -0.0851. The standard InChI is InChI=1S/C12H20N2O3/c1-9(12(17)13-4-2-3-5-13)14-7-10(8-14)6-11(15)16/h9-10H,2-8H2,1H3,(H,15,16). The van der Waals surface area contributed by atoms with Crippen molar-refractivity contribution in [1.29, 1.82) is 0 Å². The Morgan fingerprint density at radius 3 is 2.41 bits per heavy atom. The summed E-state index contributed by atoms with van der Waals surface area (Å²) in [6.45, 7) is 5.18. The topological polar surface area (TPSA) is 60.9 Å². The van der Waals surface area contributed by atoms with E-state index >= 15 is 0 Å². The first-order chi connectivity index (χ1) is 8.08. The van der Waals surface area contributed by atoms with Crippen LogP contribution < -0.4 is 0 Å². The van der Waals surface area contributed by atoms with Crippen molar-refractivity contribution in [3.05, 3.63) is 0 Å². The Morgan fingerprint density at radius 2 is 1.88 bits per heavy atom. The van der Waals surface area contributed by atoms with E-state index in [-0.39, 0.29) is 24.3 Å². The molecule has 0 spiro atoms. The minimum absolute atomic E-state index is 0.0851. The van der Waals surface area contributed by atoms with Crippen LogP contribution in [-0.4, -0.2) is 59.0 Å². The second-order valence-corrected chi connectivity index (χ2v) is 5.13. The van der Waals surface area contributed by atoms with E-state index in [4.69, 9.17) is 5.11 Å². The largest absolute Gasteiger partial charge is 0.481 e. The Bertz CT molecular complexity index is 307. The number of likely N-dealkylation sites (tertiary alicyclic amines) is 2. The maximum atomic E-state index is 12.1. The van der Waals surface area contributed by atoms with Crippen LogP contribution in [0, 0.1) is 5.92 Å². The van der Waals surface area contributed by atoms with Crippen molar-refractivity contribution in [3.8, 4) is 0 Å². The summed E-state index contributed by atoms with van der Waals surface area (Å²) in [4.78, 5) is 26.6. The van der Waals surface area contributed by atoms with Crippen LogP contribution in [0.2, 0.25) is 0 Å². The smallest absolute Gasteiger partial charge is 0.303 e. The number of carbonyl (C=O) groups is 2. The molecule has 0 radical (unpaired) electrons. The second kappa shape index (κ2) is 5.04. The molecule has 1 amide bonds. The van der Waals surface area contributed by atoms with Crippen molar-refractivity contribution in [3.63, 3.8) is 0 Å². The molecule has 2 heterocycles. The third kappa shape index (κ3) is 2.77. The highest BCUT2D eigenvalue weighted by molar-refractivity contribution is 5.81. The minimum Gasteiger partial charge on any atom is -0.481 e. The van der Waals surface area contributed by atoms with Gasteiger partial charge in [-0.25, -0.2) is 0 Å². The van der Waals surface area contributed by atoms with Crippen LogP contribution in [0.3, 0.4) is 0 Å². The summed E-state index contributed by atoms with van der Waals surface area (Å²) in [5.74, 6) is -0.314. The van der Waals surface area contributed by atoms with Gasteiger partial charge in [0.25, 0.3) is 0 Å². The lowest BCUT2D eigenvalue weighted by Gasteiger charge is -2.42. The van der Waals surface area contributed by atoms with Crippen LogP contribution >= 0.6 is 0 Å². The molecule has 2 aliphatic heterocycles. The number of rotatable bonds is 4. The number of carboxylic acid groups (broad SMARTS) is 1. The van der Waals surface area contributed by atoms with E-state index in [9.17, 15) is 9.59 Å². The average molecular weight is 240 g/mol. The quantitative estimate of drug-likeness (QED) is 0.773. The molecule has 1 unspecified atom stereocenters. The van der Waals surface area contributed by atoms with E-state index in [0.717, 1.165) is 39.0 Å². The maximum Gasteiger partial charge on any atom is 0.303 e. The lowest BCUT2D eigenvalue weighted by Crippen LogP contribution is -2.56. The van der Waals surface area contributed by atoms with Gasteiger partial charge in [-0.3, -0.25) is 14.5 Å². The molecule has 0 saturated carbocycles. The molecule has 5 nitrogen and oxygen atoms in total. The van der Waals surface area contributed by atoms with E-state index < -0.39 is 5.97 Å². The fourth-order valence-corrected chi connectivity index (χ4v) is 2.66. The molecule has 2 saturated heterocycles. The molecule has 5 heteroatoms. The molecular formula is C12H20N2O3. The summed E-state index contributed by atoms with van der Waals surface area (Å²) in [5.41, 5.74) is 0. The van der Waals surface area contributed by atoms with E-state index in [1.807, 2.05) is 11.8 Å². The zero-order chi connectivity index (χ0) is 12.4. The van der Waals surface area contributed by atoms with Crippen LogP contribution in [0.4, 0.5) is 0 Å². The Balaban J connectivity index is 1.76. The van der Waals surface area contributed by atoms with Gasteiger partial charge >= 0.3 is 5.97 Å². The lowest BCUT2D eigenvalue weighted by atomic mass is 9.94. The van der Waals surface area contributed by atoms with Crippen LogP contribution in [0.25, 0.3) is 0 Å². The van der Waals surface area contributed by atoms with Gasteiger partial charge in [0.15, 0.2) is 0 Å². The summed E-state index contributed by atoms with van der Waals surface area (Å²) in [7, 11) is 0. The molecule has 1 atom stereocenters. The molecule has 0 bridgehead atoms. The van der Waals surface area contributed by atoms with Gasteiger partial charge in [-0.1, -0.05) is 0 Å². The van der Waals surface area contributed by atoms with E-state index in [1.54, 1.807) is 0 Å². The monoisotopic (exact) mass is 240 g/mol. The molecule has 1 N–H and O–H groups in total. The van der Waals surface area contributed by atoms with Gasteiger partial charge in [-0.15, -0.1) is 0 Å². The van der Waals surface area contributed by atoms with Gasteiger partial charge in [0.2, 0.25) is 5.91 Å². The van der Waals surface area contributed by atoms with Crippen LogP contribution in [0.1, 0.15) is 26.2 Å². The molecule has 0 aromatic carbocycles. The third-order valence-corrected chi connectivity index (χ3v) is 3.77.